The summed E-state index contributed by atoms with van der Waals surface area (Å²) in [5.74, 6) is 1.02. The second kappa shape index (κ2) is 5.45. The highest BCUT2D eigenvalue weighted by Gasteiger charge is 2.17. The molecular formula is C15H18N2O2. The number of hydrogen-bond acceptors (Lipinski definition) is 3. The van der Waals surface area contributed by atoms with Crippen molar-refractivity contribution in [2.75, 3.05) is 13.2 Å². The zero-order chi connectivity index (χ0) is 13.1. The summed E-state index contributed by atoms with van der Waals surface area (Å²) in [7, 11) is 0. The van der Waals surface area contributed by atoms with Gasteiger partial charge in [0.1, 0.15) is 11.8 Å². The molecule has 100 valence electrons. The molecule has 1 aromatic rings. The van der Waals surface area contributed by atoms with Gasteiger partial charge in [0, 0.05) is 13.1 Å². The first-order chi connectivity index (χ1) is 9.33. The molecule has 0 aromatic heterocycles. The number of ether oxygens (including phenoxy) is 1. The summed E-state index contributed by atoms with van der Waals surface area (Å²) < 4.78 is 5.58. The van der Waals surface area contributed by atoms with Gasteiger partial charge in [0.05, 0.1) is 6.61 Å². The third-order valence-electron chi connectivity index (χ3n) is 3.51. The van der Waals surface area contributed by atoms with Crippen molar-refractivity contribution in [2.24, 2.45) is 0 Å². The molecule has 1 aromatic carbocycles. The van der Waals surface area contributed by atoms with Crippen molar-refractivity contribution in [3.8, 4) is 5.75 Å². The van der Waals surface area contributed by atoms with Gasteiger partial charge in [-0.05, 0) is 30.0 Å². The minimum Gasteiger partial charge on any atom is -0.493 e. The van der Waals surface area contributed by atoms with Crippen LogP contribution in [0.1, 0.15) is 17.5 Å². The Morgan fingerprint density at radius 1 is 1.47 bits per heavy atom. The van der Waals surface area contributed by atoms with E-state index in [0.29, 0.717) is 6.54 Å². The third kappa shape index (κ3) is 2.79. The number of benzene rings is 1. The predicted octanol–water partition coefficient (Wildman–Crippen LogP) is 1.16. The van der Waals surface area contributed by atoms with Crippen LogP contribution in [-0.4, -0.2) is 25.1 Å². The maximum absolute atomic E-state index is 11.9. The molecule has 4 nitrogen and oxygen atoms in total. The van der Waals surface area contributed by atoms with Crippen molar-refractivity contribution in [2.45, 2.75) is 25.4 Å². The fourth-order valence-corrected chi connectivity index (χ4v) is 2.47. The van der Waals surface area contributed by atoms with Crippen molar-refractivity contribution in [1.82, 2.24) is 10.6 Å². The molecule has 2 heterocycles. The Morgan fingerprint density at radius 2 is 2.42 bits per heavy atom. The third-order valence-corrected chi connectivity index (χ3v) is 3.51. The van der Waals surface area contributed by atoms with Crippen molar-refractivity contribution in [3.63, 3.8) is 0 Å². The summed E-state index contributed by atoms with van der Waals surface area (Å²) in [6.07, 6.45) is 6.00. The highest BCUT2D eigenvalue weighted by Crippen LogP contribution is 2.25. The van der Waals surface area contributed by atoms with Gasteiger partial charge < -0.3 is 10.1 Å². The maximum Gasteiger partial charge on any atom is 0.241 e. The van der Waals surface area contributed by atoms with E-state index in [0.717, 1.165) is 37.3 Å². The molecule has 0 unspecified atom stereocenters. The lowest BCUT2D eigenvalue weighted by molar-refractivity contribution is -0.122. The van der Waals surface area contributed by atoms with Crippen LogP contribution in [0.15, 0.2) is 30.4 Å². The van der Waals surface area contributed by atoms with Crippen LogP contribution in [-0.2, 0) is 17.8 Å². The number of fused-ring (bicyclic) bond motifs is 1. The van der Waals surface area contributed by atoms with E-state index in [9.17, 15) is 4.79 Å². The SMILES string of the molecule is O=C(NCc1ccc2c(c1)CCCO2)[C@H]1C=CCN1. The van der Waals surface area contributed by atoms with Crippen LogP contribution < -0.4 is 15.4 Å². The molecule has 0 saturated heterocycles. The Bertz CT molecular complexity index is 511. The summed E-state index contributed by atoms with van der Waals surface area (Å²) in [6.45, 7) is 2.15. The maximum atomic E-state index is 11.9. The monoisotopic (exact) mass is 258 g/mol. The first-order valence-corrected chi connectivity index (χ1v) is 6.75. The van der Waals surface area contributed by atoms with Gasteiger partial charge in [-0.2, -0.15) is 0 Å². The molecule has 19 heavy (non-hydrogen) atoms. The van der Waals surface area contributed by atoms with Crippen LogP contribution in [0, 0.1) is 0 Å². The lowest BCUT2D eigenvalue weighted by atomic mass is 10.0. The summed E-state index contributed by atoms with van der Waals surface area (Å²) in [5.41, 5.74) is 2.37. The standard InChI is InChI=1S/C15H18N2O2/c18-15(13-4-1-7-16-13)17-10-11-5-6-14-12(9-11)3-2-8-19-14/h1,4-6,9,13,16H,2-3,7-8,10H2,(H,17,18)/t13-/m1/s1. The van der Waals surface area contributed by atoms with Gasteiger partial charge in [-0.3, -0.25) is 10.1 Å². The molecule has 0 radical (unpaired) electrons. The van der Waals surface area contributed by atoms with Gasteiger partial charge in [-0.15, -0.1) is 0 Å². The number of amides is 1. The van der Waals surface area contributed by atoms with Crippen LogP contribution in [0.25, 0.3) is 0 Å². The fourth-order valence-electron chi connectivity index (χ4n) is 2.47. The highest BCUT2D eigenvalue weighted by molar-refractivity contribution is 5.84. The number of hydrogen-bond donors (Lipinski definition) is 2. The van der Waals surface area contributed by atoms with Crippen LogP contribution in [0.5, 0.6) is 5.75 Å². The zero-order valence-corrected chi connectivity index (χ0v) is 10.8. The van der Waals surface area contributed by atoms with Gasteiger partial charge in [-0.25, -0.2) is 0 Å². The normalized spacial score (nSPS) is 20.7. The average molecular weight is 258 g/mol. The van der Waals surface area contributed by atoms with Gasteiger partial charge in [0.15, 0.2) is 0 Å². The van der Waals surface area contributed by atoms with Gasteiger partial charge >= 0.3 is 0 Å². The van der Waals surface area contributed by atoms with E-state index in [1.54, 1.807) is 0 Å². The quantitative estimate of drug-likeness (QED) is 0.800. The number of rotatable bonds is 3. The van der Waals surface area contributed by atoms with E-state index in [-0.39, 0.29) is 11.9 Å². The summed E-state index contributed by atoms with van der Waals surface area (Å²) in [6, 6.07) is 5.97. The van der Waals surface area contributed by atoms with Crippen molar-refractivity contribution < 1.29 is 9.53 Å². The summed E-state index contributed by atoms with van der Waals surface area (Å²) in [5, 5.41) is 6.05. The average Bonchev–Trinajstić information content (AvgIpc) is 2.99. The minimum absolute atomic E-state index is 0.0303. The van der Waals surface area contributed by atoms with Crippen LogP contribution in [0.3, 0.4) is 0 Å². The Labute approximate surface area is 112 Å². The number of aryl methyl sites for hydroxylation is 1. The molecule has 4 heteroatoms. The number of carbonyl (C=O) groups is 1. The molecule has 2 aliphatic rings. The van der Waals surface area contributed by atoms with Crippen molar-refractivity contribution in [1.29, 1.82) is 0 Å². The largest absolute Gasteiger partial charge is 0.493 e. The molecule has 0 fully saturated rings. The smallest absolute Gasteiger partial charge is 0.241 e. The van der Waals surface area contributed by atoms with Crippen LogP contribution >= 0.6 is 0 Å². The molecule has 2 N–H and O–H groups in total. The summed E-state index contributed by atoms with van der Waals surface area (Å²) >= 11 is 0. The fraction of sp³-hybridized carbons (Fsp3) is 0.400. The van der Waals surface area contributed by atoms with Crippen molar-refractivity contribution >= 4 is 5.91 Å². The van der Waals surface area contributed by atoms with Crippen molar-refractivity contribution in [3.05, 3.63) is 41.5 Å². The zero-order valence-electron chi connectivity index (χ0n) is 10.8. The first kappa shape index (κ1) is 12.2. The minimum atomic E-state index is -0.180. The second-order valence-corrected chi connectivity index (χ2v) is 4.93. The molecule has 0 saturated carbocycles. The van der Waals surface area contributed by atoms with Gasteiger partial charge in [0.2, 0.25) is 5.91 Å². The van der Waals surface area contributed by atoms with E-state index in [4.69, 9.17) is 4.74 Å². The van der Waals surface area contributed by atoms with Gasteiger partial charge in [0.25, 0.3) is 0 Å². The second-order valence-electron chi connectivity index (χ2n) is 4.93. The van der Waals surface area contributed by atoms with E-state index in [1.807, 2.05) is 24.3 Å². The van der Waals surface area contributed by atoms with E-state index >= 15 is 0 Å². The molecular weight excluding hydrogens is 240 g/mol. The highest BCUT2D eigenvalue weighted by atomic mass is 16.5. The first-order valence-electron chi connectivity index (χ1n) is 6.75. The molecule has 1 atom stereocenters. The summed E-state index contributed by atoms with van der Waals surface area (Å²) in [4.78, 5) is 11.9. The Morgan fingerprint density at radius 3 is 3.26 bits per heavy atom. The van der Waals surface area contributed by atoms with Crippen LogP contribution in [0.4, 0.5) is 0 Å². The molecule has 2 aliphatic heterocycles. The number of nitrogens with one attached hydrogen (secondary N) is 2. The molecule has 0 spiro atoms. The molecule has 1 amide bonds. The lowest BCUT2D eigenvalue weighted by Gasteiger charge is -2.18. The van der Waals surface area contributed by atoms with E-state index < -0.39 is 0 Å². The van der Waals surface area contributed by atoms with E-state index in [2.05, 4.69) is 16.7 Å². The van der Waals surface area contributed by atoms with E-state index in [1.165, 1.54) is 5.56 Å². The Balaban J connectivity index is 1.60. The lowest BCUT2D eigenvalue weighted by Crippen LogP contribution is -2.40. The molecule has 0 aliphatic carbocycles. The molecule has 3 rings (SSSR count). The number of carbonyl (C=O) groups excluding carboxylic acids is 1. The van der Waals surface area contributed by atoms with Gasteiger partial charge in [-0.1, -0.05) is 24.3 Å². The van der Waals surface area contributed by atoms with Crippen LogP contribution in [0.2, 0.25) is 0 Å². The Hall–Kier alpha value is -1.81. The topological polar surface area (TPSA) is 50.4 Å². The Kier molecular flexibility index (Phi) is 3.51. The molecule has 0 bridgehead atoms. The predicted molar refractivity (Wildman–Crippen MR) is 73.0 cm³/mol.